The first-order valence-electron chi connectivity index (χ1n) is 6.10. The van der Waals surface area contributed by atoms with Crippen molar-refractivity contribution in [2.75, 3.05) is 0 Å². The summed E-state index contributed by atoms with van der Waals surface area (Å²) in [5.74, 6) is 0.732. The highest BCUT2D eigenvalue weighted by molar-refractivity contribution is 6.30. The van der Waals surface area contributed by atoms with Gasteiger partial charge in [0.25, 0.3) is 0 Å². The van der Waals surface area contributed by atoms with Crippen LogP contribution in [0.1, 0.15) is 35.7 Å². The van der Waals surface area contributed by atoms with Crippen LogP contribution in [0.3, 0.4) is 0 Å². The van der Waals surface area contributed by atoms with Gasteiger partial charge < -0.3 is 0 Å². The summed E-state index contributed by atoms with van der Waals surface area (Å²) in [4.78, 5) is 7.70. The minimum Gasteiger partial charge on any atom is -0.245 e. The number of aromatic nitrogens is 2. The van der Waals surface area contributed by atoms with Crippen LogP contribution in [0.25, 0.3) is 0 Å². The number of hydrogen-bond donors (Lipinski definition) is 0. The predicted molar refractivity (Wildman–Crippen MR) is 74.9 cm³/mol. The van der Waals surface area contributed by atoms with Crippen molar-refractivity contribution in [3.63, 3.8) is 0 Å². The van der Waals surface area contributed by atoms with Gasteiger partial charge in [-0.25, -0.2) is 9.97 Å². The lowest BCUT2D eigenvalue weighted by Crippen LogP contribution is -1.84. The molecule has 0 unspecified atom stereocenters. The van der Waals surface area contributed by atoms with E-state index in [1.807, 2.05) is 24.4 Å². The zero-order valence-electron chi connectivity index (χ0n) is 10.6. The monoisotopic (exact) mass is 282 g/mol. The molecule has 1 aliphatic carbocycles. The Morgan fingerprint density at radius 1 is 0.950 bits per heavy atom. The molecule has 1 saturated carbocycles. The van der Waals surface area contributed by atoms with Crippen LogP contribution in [0.15, 0.2) is 36.7 Å². The van der Waals surface area contributed by atoms with Crippen molar-refractivity contribution >= 4 is 11.6 Å². The van der Waals surface area contributed by atoms with Gasteiger partial charge in [-0.2, -0.15) is 10.5 Å². The Morgan fingerprint density at radius 2 is 1.55 bits per heavy atom. The molecule has 98 valence electrons. The average Bonchev–Trinajstić information content (AvgIpc) is 3.34. The Morgan fingerprint density at radius 3 is 1.95 bits per heavy atom. The summed E-state index contributed by atoms with van der Waals surface area (Å²) in [6.07, 6.45) is 5.83. The van der Waals surface area contributed by atoms with Crippen molar-refractivity contribution in [3.8, 4) is 12.1 Å². The Bertz CT molecular complexity index is 646. The standard InChI is InChI=1S/C9H8N2.C6H3ClN2/c10-5-9-4-3-8(6-11-9)7-1-2-7;7-5-1-2-6(3-8)9-4-5/h3-4,6-7H,1-2H2;1-2,4H. The number of pyridine rings is 2. The molecule has 1 aliphatic rings. The van der Waals surface area contributed by atoms with Crippen molar-refractivity contribution in [1.29, 1.82) is 10.5 Å². The molecule has 0 aromatic carbocycles. The van der Waals surface area contributed by atoms with Gasteiger partial charge in [0.2, 0.25) is 0 Å². The number of halogens is 1. The van der Waals surface area contributed by atoms with Gasteiger partial charge in [0.05, 0.1) is 5.02 Å². The molecule has 0 saturated heterocycles. The molecule has 20 heavy (non-hydrogen) atoms. The zero-order chi connectivity index (χ0) is 14.4. The van der Waals surface area contributed by atoms with Crippen LogP contribution in [0.2, 0.25) is 5.02 Å². The van der Waals surface area contributed by atoms with Crippen LogP contribution >= 0.6 is 11.6 Å². The van der Waals surface area contributed by atoms with Crippen molar-refractivity contribution < 1.29 is 0 Å². The van der Waals surface area contributed by atoms with E-state index < -0.39 is 0 Å². The minimum absolute atomic E-state index is 0.388. The van der Waals surface area contributed by atoms with Gasteiger partial charge in [-0.3, -0.25) is 0 Å². The molecule has 0 aliphatic heterocycles. The third-order valence-electron chi connectivity index (χ3n) is 2.79. The van der Waals surface area contributed by atoms with Gasteiger partial charge in [0, 0.05) is 12.4 Å². The molecule has 3 rings (SSSR count). The molecule has 0 spiro atoms. The maximum Gasteiger partial charge on any atom is 0.140 e. The van der Waals surface area contributed by atoms with E-state index in [4.69, 9.17) is 22.1 Å². The smallest absolute Gasteiger partial charge is 0.140 e. The average molecular weight is 283 g/mol. The molecule has 2 aromatic heterocycles. The van der Waals surface area contributed by atoms with E-state index >= 15 is 0 Å². The SMILES string of the molecule is N#Cc1ccc(C2CC2)cn1.N#Cc1ccc(Cl)cn1. The van der Waals surface area contributed by atoms with Crippen molar-refractivity contribution in [3.05, 3.63) is 58.6 Å². The van der Waals surface area contributed by atoms with Gasteiger partial charge in [-0.15, -0.1) is 0 Å². The minimum atomic E-state index is 0.388. The summed E-state index contributed by atoms with van der Waals surface area (Å²) in [7, 11) is 0. The Hall–Kier alpha value is -2.43. The normalized spacial score (nSPS) is 12.6. The highest BCUT2D eigenvalue weighted by Gasteiger charge is 2.23. The van der Waals surface area contributed by atoms with Crippen LogP contribution in [0, 0.1) is 22.7 Å². The van der Waals surface area contributed by atoms with Crippen LogP contribution in [0.5, 0.6) is 0 Å². The molecule has 5 heteroatoms. The van der Waals surface area contributed by atoms with E-state index in [1.54, 1.807) is 18.2 Å². The topological polar surface area (TPSA) is 73.4 Å². The van der Waals surface area contributed by atoms with Gasteiger partial charge in [-0.1, -0.05) is 17.7 Å². The quantitative estimate of drug-likeness (QED) is 0.803. The fourth-order valence-corrected chi connectivity index (χ4v) is 1.68. The first-order valence-corrected chi connectivity index (χ1v) is 6.48. The van der Waals surface area contributed by atoms with Crippen molar-refractivity contribution in [1.82, 2.24) is 9.97 Å². The van der Waals surface area contributed by atoms with Crippen LogP contribution in [0.4, 0.5) is 0 Å². The van der Waals surface area contributed by atoms with E-state index in [0.29, 0.717) is 16.4 Å². The summed E-state index contributed by atoms with van der Waals surface area (Å²) < 4.78 is 0. The first kappa shape index (κ1) is 14.0. The summed E-state index contributed by atoms with van der Waals surface area (Å²) in [5, 5.41) is 17.3. The molecule has 4 nitrogen and oxygen atoms in total. The molecular weight excluding hydrogens is 272 g/mol. The highest BCUT2D eigenvalue weighted by atomic mass is 35.5. The molecule has 0 amide bonds. The molecule has 1 fully saturated rings. The molecule has 0 N–H and O–H groups in total. The molecule has 0 radical (unpaired) electrons. The molecule has 0 atom stereocenters. The summed E-state index contributed by atoms with van der Waals surface area (Å²) in [6.45, 7) is 0. The summed E-state index contributed by atoms with van der Waals surface area (Å²) in [5.41, 5.74) is 2.18. The zero-order valence-corrected chi connectivity index (χ0v) is 11.4. The fraction of sp³-hybridized carbons (Fsp3) is 0.200. The molecule has 0 bridgehead atoms. The van der Waals surface area contributed by atoms with Crippen LogP contribution < -0.4 is 0 Å². The lowest BCUT2D eigenvalue weighted by molar-refractivity contribution is 1.08. The second kappa shape index (κ2) is 6.65. The van der Waals surface area contributed by atoms with Gasteiger partial charge >= 0.3 is 0 Å². The molecule has 2 aromatic rings. The number of rotatable bonds is 1. The van der Waals surface area contributed by atoms with Gasteiger partial charge in [-0.05, 0) is 42.5 Å². The van der Waals surface area contributed by atoms with Crippen LogP contribution in [-0.2, 0) is 0 Å². The molecular formula is C15H11ClN4. The third kappa shape index (κ3) is 4.05. The Labute approximate surface area is 122 Å². The first-order chi connectivity index (χ1) is 9.72. The number of nitrogens with zero attached hydrogens (tertiary/aromatic N) is 4. The largest absolute Gasteiger partial charge is 0.245 e. The molecule has 2 heterocycles. The third-order valence-corrected chi connectivity index (χ3v) is 3.02. The van der Waals surface area contributed by atoms with Gasteiger partial charge in [0.15, 0.2) is 0 Å². The number of nitriles is 2. The van der Waals surface area contributed by atoms with Crippen LogP contribution in [-0.4, -0.2) is 9.97 Å². The van der Waals surface area contributed by atoms with E-state index in [-0.39, 0.29) is 0 Å². The highest BCUT2D eigenvalue weighted by Crippen LogP contribution is 2.39. The maximum absolute atomic E-state index is 8.47. The van der Waals surface area contributed by atoms with Gasteiger partial charge in [0.1, 0.15) is 23.5 Å². The second-order valence-corrected chi connectivity index (χ2v) is 4.77. The number of hydrogen-bond acceptors (Lipinski definition) is 4. The summed E-state index contributed by atoms with van der Waals surface area (Å²) >= 11 is 5.50. The fourth-order valence-electron chi connectivity index (χ4n) is 1.57. The van der Waals surface area contributed by atoms with E-state index in [1.165, 1.54) is 24.6 Å². The van der Waals surface area contributed by atoms with E-state index in [0.717, 1.165) is 5.92 Å². The van der Waals surface area contributed by atoms with E-state index in [9.17, 15) is 0 Å². The lowest BCUT2D eigenvalue weighted by atomic mass is 10.2. The van der Waals surface area contributed by atoms with Crippen molar-refractivity contribution in [2.45, 2.75) is 18.8 Å². The predicted octanol–water partition coefficient (Wildman–Crippen LogP) is 3.44. The Balaban J connectivity index is 0.000000151. The van der Waals surface area contributed by atoms with E-state index in [2.05, 4.69) is 9.97 Å². The second-order valence-electron chi connectivity index (χ2n) is 4.34. The van der Waals surface area contributed by atoms with Crippen molar-refractivity contribution in [2.24, 2.45) is 0 Å². The lowest BCUT2D eigenvalue weighted by Gasteiger charge is -1.94. The summed E-state index contributed by atoms with van der Waals surface area (Å²) in [6, 6.07) is 10.9. The maximum atomic E-state index is 8.47. The Kier molecular flexibility index (Phi) is 4.65.